The molecule has 1 aliphatic rings. The minimum absolute atomic E-state index is 0.504. The summed E-state index contributed by atoms with van der Waals surface area (Å²) in [4.78, 5) is 8.60. The number of benzene rings is 1. The van der Waals surface area contributed by atoms with Crippen molar-refractivity contribution in [3.63, 3.8) is 0 Å². The summed E-state index contributed by atoms with van der Waals surface area (Å²) in [6, 6.07) is 6.09. The van der Waals surface area contributed by atoms with Gasteiger partial charge in [0.2, 0.25) is 5.75 Å². The minimum atomic E-state index is 0.504. The topological polar surface area (TPSA) is 77.5 Å². The van der Waals surface area contributed by atoms with Gasteiger partial charge in [0.25, 0.3) is 0 Å². The van der Waals surface area contributed by atoms with Gasteiger partial charge in [-0.3, -0.25) is 0 Å². The largest absolute Gasteiger partial charge is 0.493 e. The Morgan fingerprint density at radius 2 is 1.52 bits per heavy atom. The van der Waals surface area contributed by atoms with Gasteiger partial charge in [0.1, 0.15) is 18.0 Å². The minimum Gasteiger partial charge on any atom is -0.493 e. The lowest BCUT2D eigenvalue weighted by Crippen LogP contribution is -2.15. The highest BCUT2D eigenvalue weighted by Gasteiger charge is 2.16. The third kappa shape index (κ3) is 4.04. The molecular weight excluding hydrogens is 320 g/mol. The molecule has 2 N–H and O–H groups in total. The van der Waals surface area contributed by atoms with Crippen LogP contribution in [0.4, 0.5) is 17.3 Å². The highest BCUT2D eigenvalue weighted by Crippen LogP contribution is 2.40. The van der Waals surface area contributed by atoms with Gasteiger partial charge in [-0.15, -0.1) is 0 Å². The van der Waals surface area contributed by atoms with Gasteiger partial charge in [0, 0.05) is 29.9 Å². The Morgan fingerprint density at radius 1 is 0.880 bits per heavy atom. The first-order valence-corrected chi connectivity index (χ1v) is 8.39. The third-order valence-electron chi connectivity index (χ3n) is 4.31. The molecule has 0 radical (unpaired) electrons. The number of rotatable bonds is 7. The van der Waals surface area contributed by atoms with Crippen LogP contribution in [0.5, 0.6) is 17.2 Å². The van der Waals surface area contributed by atoms with E-state index in [9.17, 15) is 0 Å². The molecule has 7 nitrogen and oxygen atoms in total. The van der Waals surface area contributed by atoms with Gasteiger partial charge in [0.15, 0.2) is 11.5 Å². The summed E-state index contributed by atoms with van der Waals surface area (Å²) in [5.74, 6) is 3.26. The van der Waals surface area contributed by atoms with Crippen molar-refractivity contribution in [2.24, 2.45) is 0 Å². The first-order chi connectivity index (χ1) is 12.2. The normalized spacial score (nSPS) is 14.2. The molecule has 0 amide bonds. The van der Waals surface area contributed by atoms with Gasteiger partial charge < -0.3 is 24.8 Å². The molecule has 3 rings (SSSR count). The van der Waals surface area contributed by atoms with Crippen LogP contribution in [0.3, 0.4) is 0 Å². The van der Waals surface area contributed by atoms with Crippen molar-refractivity contribution in [2.75, 3.05) is 32.0 Å². The molecule has 134 valence electrons. The number of nitrogens with one attached hydrogen (secondary N) is 2. The Kier molecular flexibility index (Phi) is 5.42. The molecule has 25 heavy (non-hydrogen) atoms. The molecule has 1 aromatic carbocycles. The van der Waals surface area contributed by atoms with Crippen LogP contribution >= 0.6 is 0 Å². The number of methoxy groups -OCH3 is 3. The molecule has 1 fully saturated rings. The summed E-state index contributed by atoms with van der Waals surface area (Å²) < 4.78 is 16.1. The maximum atomic E-state index is 5.38. The van der Waals surface area contributed by atoms with Crippen molar-refractivity contribution in [1.29, 1.82) is 0 Å². The summed E-state index contributed by atoms with van der Waals surface area (Å²) >= 11 is 0. The van der Waals surface area contributed by atoms with E-state index < -0.39 is 0 Å². The Labute approximate surface area is 147 Å². The molecular formula is C18H24N4O3. The fourth-order valence-corrected chi connectivity index (χ4v) is 3.09. The Balaban J connectivity index is 1.79. The van der Waals surface area contributed by atoms with Gasteiger partial charge in [-0.1, -0.05) is 12.8 Å². The maximum Gasteiger partial charge on any atom is 0.203 e. The fourth-order valence-electron chi connectivity index (χ4n) is 3.09. The molecule has 0 atom stereocenters. The van der Waals surface area contributed by atoms with Crippen LogP contribution in [0.1, 0.15) is 25.7 Å². The molecule has 1 saturated carbocycles. The van der Waals surface area contributed by atoms with Crippen molar-refractivity contribution in [2.45, 2.75) is 31.7 Å². The van der Waals surface area contributed by atoms with Gasteiger partial charge >= 0.3 is 0 Å². The molecule has 0 spiro atoms. The zero-order chi connectivity index (χ0) is 17.6. The predicted octanol–water partition coefficient (Wildman–Crippen LogP) is 3.60. The average molecular weight is 344 g/mol. The van der Waals surface area contributed by atoms with Crippen molar-refractivity contribution in [3.8, 4) is 17.2 Å². The predicted molar refractivity (Wildman–Crippen MR) is 97.3 cm³/mol. The second kappa shape index (κ2) is 7.92. The number of aromatic nitrogens is 2. The van der Waals surface area contributed by atoms with Crippen molar-refractivity contribution < 1.29 is 14.2 Å². The zero-order valence-electron chi connectivity index (χ0n) is 14.8. The molecule has 0 saturated heterocycles. The number of hydrogen-bond donors (Lipinski definition) is 2. The van der Waals surface area contributed by atoms with E-state index in [0.717, 1.165) is 11.5 Å². The van der Waals surface area contributed by atoms with E-state index in [4.69, 9.17) is 14.2 Å². The maximum absolute atomic E-state index is 5.38. The van der Waals surface area contributed by atoms with Crippen molar-refractivity contribution >= 4 is 17.3 Å². The summed E-state index contributed by atoms with van der Waals surface area (Å²) in [7, 11) is 4.77. The second-order valence-electron chi connectivity index (χ2n) is 5.95. The van der Waals surface area contributed by atoms with Gasteiger partial charge in [-0.2, -0.15) is 0 Å². The fraction of sp³-hybridized carbons (Fsp3) is 0.444. The standard InChI is InChI=1S/C18H24N4O3/c1-23-14-8-13(9-15(24-2)18(14)25-3)22-17-10-16(19-11-20-17)21-12-6-4-5-7-12/h8-12H,4-7H2,1-3H3,(H2,19,20,21,22). The SMILES string of the molecule is COc1cc(Nc2cc(NC3CCCC3)ncn2)cc(OC)c1OC. The van der Waals surface area contributed by atoms with Crippen LogP contribution in [-0.4, -0.2) is 37.3 Å². The first-order valence-electron chi connectivity index (χ1n) is 8.39. The average Bonchev–Trinajstić information content (AvgIpc) is 3.14. The number of hydrogen-bond acceptors (Lipinski definition) is 7. The summed E-state index contributed by atoms with van der Waals surface area (Å²) in [6.45, 7) is 0. The van der Waals surface area contributed by atoms with Crippen LogP contribution in [0.2, 0.25) is 0 Å². The molecule has 2 aromatic rings. The lowest BCUT2D eigenvalue weighted by molar-refractivity contribution is 0.324. The third-order valence-corrected chi connectivity index (χ3v) is 4.31. The molecule has 7 heteroatoms. The highest BCUT2D eigenvalue weighted by molar-refractivity contribution is 5.67. The number of nitrogens with zero attached hydrogens (tertiary/aromatic N) is 2. The van der Waals surface area contributed by atoms with Crippen molar-refractivity contribution in [1.82, 2.24) is 9.97 Å². The van der Waals surface area contributed by atoms with Crippen LogP contribution in [0.15, 0.2) is 24.5 Å². The quantitative estimate of drug-likeness (QED) is 0.794. The van der Waals surface area contributed by atoms with Crippen LogP contribution in [0, 0.1) is 0 Å². The van der Waals surface area contributed by atoms with E-state index >= 15 is 0 Å². The Hall–Kier alpha value is -2.70. The van der Waals surface area contributed by atoms with E-state index in [2.05, 4.69) is 20.6 Å². The Bertz CT molecular complexity index is 692. The van der Waals surface area contributed by atoms with Crippen LogP contribution < -0.4 is 24.8 Å². The molecule has 0 unspecified atom stereocenters. The number of anilines is 3. The summed E-state index contributed by atoms with van der Waals surface area (Å²) in [5, 5.41) is 6.73. The summed E-state index contributed by atoms with van der Waals surface area (Å²) in [6.07, 6.45) is 6.50. The lowest BCUT2D eigenvalue weighted by atomic mass is 10.2. The molecule has 0 bridgehead atoms. The Morgan fingerprint density at radius 3 is 2.12 bits per heavy atom. The molecule has 0 aliphatic heterocycles. The first kappa shape index (κ1) is 17.1. The van der Waals surface area contributed by atoms with Crippen molar-refractivity contribution in [3.05, 3.63) is 24.5 Å². The van der Waals surface area contributed by atoms with E-state index in [1.54, 1.807) is 27.7 Å². The van der Waals surface area contributed by atoms with Gasteiger partial charge in [-0.25, -0.2) is 9.97 Å². The highest BCUT2D eigenvalue weighted by atomic mass is 16.5. The van der Waals surface area contributed by atoms with Crippen LogP contribution in [0.25, 0.3) is 0 Å². The lowest BCUT2D eigenvalue weighted by Gasteiger charge is -2.16. The van der Waals surface area contributed by atoms with E-state index in [1.807, 2.05) is 18.2 Å². The van der Waals surface area contributed by atoms with E-state index in [1.165, 1.54) is 25.7 Å². The summed E-state index contributed by atoms with van der Waals surface area (Å²) in [5.41, 5.74) is 0.792. The monoisotopic (exact) mass is 344 g/mol. The van der Waals surface area contributed by atoms with E-state index in [-0.39, 0.29) is 0 Å². The van der Waals surface area contributed by atoms with Gasteiger partial charge in [0.05, 0.1) is 21.3 Å². The zero-order valence-corrected chi connectivity index (χ0v) is 14.8. The van der Waals surface area contributed by atoms with E-state index in [0.29, 0.717) is 29.1 Å². The molecule has 1 heterocycles. The molecule has 1 aromatic heterocycles. The van der Waals surface area contributed by atoms with Crippen LogP contribution in [-0.2, 0) is 0 Å². The number of ether oxygens (including phenoxy) is 3. The smallest absolute Gasteiger partial charge is 0.203 e. The second-order valence-corrected chi connectivity index (χ2v) is 5.95. The molecule has 1 aliphatic carbocycles. The van der Waals surface area contributed by atoms with Gasteiger partial charge in [-0.05, 0) is 12.8 Å².